The lowest BCUT2D eigenvalue weighted by Crippen LogP contribution is -2.28. The lowest BCUT2D eigenvalue weighted by atomic mass is 10.1. The van der Waals surface area contributed by atoms with Crippen molar-refractivity contribution in [3.8, 4) is 17.2 Å². The van der Waals surface area contributed by atoms with E-state index >= 15 is 0 Å². The van der Waals surface area contributed by atoms with Crippen LogP contribution in [0.25, 0.3) is 0 Å². The third kappa shape index (κ3) is 7.37. The van der Waals surface area contributed by atoms with Crippen LogP contribution in [0.5, 0.6) is 17.2 Å². The maximum absolute atomic E-state index is 12.5. The van der Waals surface area contributed by atoms with Crippen LogP contribution in [0.2, 0.25) is 0 Å². The lowest BCUT2D eigenvalue weighted by Gasteiger charge is -2.12. The van der Waals surface area contributed by atoms with Crippen molar-refractivity contribution in [3.63, 3.8) is 0 Å². The van der Waals surface area contributed by atoms with Crippen molar-refractivity contribution in [3.05, 3.63) is 83.9 Å². The van der Waals surface area contributed by atoms with E-state index in [0.717, 1.165) is 5.56 Å². The van der Waals surface area contributed by atoms with Gasteiger partial charge in [0.1, 0.15) is 5.75 Å². The lowest BCUT2D eigenvalue weighted by molar-refractivity contribution is -0.131. The van der Waals surface area contributed by atoms with E-state index in [0.29, 0.717) is 41.7 Å². The third-order valence-electron chi connectivity index (χ3n) is 4.57. The Morgan fingerprint density at radius 2 is 1.56 bits per heavy atom. The molecule has 8 nitrogen and oxygen atoms in total. The molecule has 0 atom stereocenters. The highest BCUT2D eigenvalue weighted by Crippen LogP contribution is 2.26. The molecule has 0 bridgehead atoms. The second-order valence-electron chi connectivity index (χ2n) is 7.22. The van der Waals surface area contributed by atoms with Gasteiger partial charge in [0.25, 0.3) is 11.8 Å². The Labute approximate surface area is 197 Å². The highest BCUT2D eigenvalue weighted by molar-refractivity contribution is 6.04. The number of hydrogen-bond donors (Lipinski definition) is 2. The van der Waals surface area contributed by atoms with Gasteiger partial charge in [0, 0.05) is 24.7 Å². The summed E-state index contributed by atoms with van der Waals surface area (Å²) >= 11 is 0. The zero-order valence-electron chi connectivity index (χ0n) is 19.0. The maximum Gasteiger partial charge on any atom is 0.308 e. The van der Waals surface area contributed by atoms with E-state index in [4.69, 9.17) is 14.2 Å². The van der Waals surface area contributed by atoms with Crippen molar-refractivity contribution in [1.29, 1.82) is 0 Å². The molecule has 2 amide bonds. The first-order chi connectivity index (χ1) is 16.4. The Hall–Kier alpha value is -4.33. The number of carbonyl (C=O) groups is 3. The molecule has 0 radical (unpaired) electrons. The fourth-order valence-electron chi connectivity index (χ4n) is 3.02. The largest absolute Gasteiger partial charge is 0.490 e. The molecular formula is C26H26N2O6. The van der Waals surface area contributed by atoms with Crippen molar-refractivity contribution in [1.82, 2.24) is 5.32 Å². The van der Waals surface area contributed by atoms with E-state index in [1.807, 2.05) is 19.1 Å². The molecule has 3 aromatic carbocycles. The van der Waals surface area contributed by atoms with Crippen LogP contribution in [0.4, 0.5) is 5.69 Å². The smallest absolute Gasteiger partial charge is 0.308 e. The first kappa shape index (κ1) is 24.3. The van der Waals surface area contributed by atoms with Crippen LogP contribution in [-0.2, 0) is 16.1 Å². The number of hydrogen-bond acceptors (Lipinski definition) is 6. The minimum atomic E-state index is -0.456. The minimum absolute atomic E-state index is 0.134. The van der Waals surface area contributed by atoms with Gasteiger partial charge in [-0.1, -0.05) is 30.3 Å². The number of para-hydroxylation sites is 2. The van der Waals surface area contributed by atoms with Gasteiger partial charge >= 0.3 is 5.97 Å². The topological polar surface area (TPSA) is 103 Å². The van der Waals surface area contributed by atoms with E-state index in [1.165, 1.54) is 13.0 Å². The number of anilines is 1. The monoisotopic (exact) mass is 462 g/mol. The number of carbonyl (C=O) groups excluding carboxylic acids is 3. The summed E-state index contributed by atoms with van der Waals surface area (Å²) < 4.78 is 16.0. The first-order valence-corrected chi connectivity index (χ1v) is 10.7. The number of amides is 2. The number of rotatable bonds is 10. The Balaban J connectivity index is 1.48. The molecule has 0 unspecified atom stereocenters. The minimum Gasteiger partial charge on any atom is -0.490 e. The normalized spacial score (nSPS) is 10.2. The van der Waals surface area contributed by atoms with Crippen molar-refractivity contribution >= 4 is 23.5 Å². The average Bonchev–Trinajstić information content (AvgIpc) is 2.83. The fourth-order valence-corrected chi connectivity index (χ4v) is 3.02. The van der Waals surface area contributed by atoms with Crippen LogP contribution >= 0.6 is 0 Å². The maximum atomic E-state index is 12.5. The fraction of sp³-hybridized carbons (Fsp3) is 0.192. The van der Waals surface area contributed by atoms with Crippen molar-refractivity contribution in [2.75, 3.05) is 18.5 Å². The van der Waals surface area contributed by atoms with Gasteiger partial charge in [-0.15, -0.1) is 0 Å². The molecule has 0 aliphatic heterocycles. The zero-order valence-corrected chi connectivity index (χ0v) is 19.0. The summed E-state index contributed by atoms with van der Waals surface area (Å²) in [7, 11) is 0. The van der Waals surface area contributed by atoms with E-state index in [9.17, 15) is 14.4 Å². The molecule has 176 valence electrons. The van der Waals surface area contributed by atoms with Crippen molar-refractivity contribution in [2.45, 2.75) is 20.4 Å². The first-order valence-electron chi connectivity index (χ1n) is 10.7. The van der Waals surface area contributed by atoms with E-state index in [2.05, 4.69) is 10.6 Å². The molecule has 0 aliphatic carbocycles. The molecule has 34 heavy (non-hydrogen) atoms. The van der Waals surface area contributed by atoms with Crippen LogP contribution in [0.1, 0.15) is 29.8 Å². The summed E-state index contributed by atoms with van der Waals surface area (Å²) in [6, 6.07) is 20.6. The second kappa shape index (κ2) is 12.1. The summed E-state index contributed by atoms with van der Waals surface area (Å²) in [5.41, 5.74) is 1.81. The molecule has 0 aliphatic rings. The highest BCUT2D eigenvalue weighted by Gasteiger charge is 2.10. The molecule has 0 spiro atoms. The highest BCUT2D eigenvalue weighted by atomic mass is 16.5. The molecular weight excluding hydrogens is 436 g/mol. The van der Waals surface area contributed by atoms with Crippen molar-refractivity contribution < 1.29 is 28.6 Å². The predicted molar refractivity (Wildman–Crippen MR) is 127 cm³/mol. The van der Waals surface area contributed by atoms with Gasteiger partial charge in [0.05, 0.1) is 6.61 Å². The number of ether oxygens (including phenoxy) is 3. The van der Waals surface area contributed by atoms with E-state index in [-0.39, 0.29) is 18.4 Å². The summed E-state index contributed by atoms with van der Waals surface area (Å²) in [6.07, 6.45) is 0. The molecule has 0 fully saturated rings. The zero-order chi connectivity index (χ0) is 24.3. The van der Waals surface area contributed by atoms with E-state index in [1.54, 1.807) is 54.6 Å². The Morgan fingerprint density at radius 3 is 2.24 bits per heavy atom. The molecule has 0 saturated carbocycles. The molecule has 0 heterocycles. The number of benzene rings is 3. The quantitative estimate of drug-likeness (QED) is 0.349. The van der Waals surface area contributed by atoms with Gasteiger partial charge in [0.2, 0.25) is 0 Å². The van der Waals surface area contributed by atoms with Crippen molar-refractivity contribution in [2.24, 2.45) is 0 Å². The standard InChI is InChI=1S/C26H26N2O6/c1-3-32-23-9-4-5-10-24(23)33-17-25(30)27-16-19-11-13-21(14-12-19)28-26(31)20-7-6-8-22(15-20)34-18(2)29/h4-15H,3,16-17H2,1-2H3,(H,27,30)(H,28,31). The molecule has 8 heteroatoms. The number of esters is 1. The molecule has 3 rings (SSSR count). The molecule has 3 aromatic rings. The average molecular weight is 463 g/mol. The van der Waals surface area contributed by atoms with Gasteiger partial charge in [-0.05, 0) is 55.0 Å². The van der Waals surface area contributed by atoms with Crippen LogP contribution in [0.15, 0.2) is 72.8 Å². The van der Waals surface area contributed by atoms with Crippen LogP contribution < -0.4 is 24.8 Å². The molecule has 0 saturated heterocycles. The summed E-state index contributed by atoms with van der Waals surface area (Å²) in [5, 5.41) is 5.58. The van der Waals surface area contributed by atoms with Crippen LogP contribution in [0, 0.1) is 0 Å². The van der Waals surface area contributed by atoms with E-state index < -0.39 is 5.97 Å². The summed E-state index contributed by atoms with van der Waals surface area (Å²) in [6.45, 7) is 3.86. The SMILES string of the molecule is CCOc1ccccc1OCC(=O)NCc1ccc(NC(=O)c2cccc(OC(C)=O)c2)cc1. The predicted octanol–water partition coefficient (Wildman–Crippen LogP) is 3.96. The molecule has 2 N–H and O–H groups in total. The summed E-state index contributed by atoms with van der Waals surface area (Å²) in [5.74, 6) is 0.348. The van der Waals surface area contributed by atoms with Crippen LogP contribution in [0.3, 0.4) is 0 Å². The van der Waals surface area contributed by atoms with Gasteiger partial charge < -0.3 is 24.8 Å². The van der Waals surface area contributed by atoms with Gasteiger partial charge in [-0.25, -0.2) is 0 Å². The van der Waals surface area contributed by atoms with Crippen LogP contribution in [-0.4, -0.2) is 31.0 Å². The molecule has 0 aromatic heterocycles. The number of nitrogens with one attached hydrogen (secondary N) is 2. The Morgan fingerprint density at radius 1 is 0.853 bits per heavy atom. The Bertz CT molecular complexity index is 1140. The van der Waals surface area contributed by atoms with Gasteiger partial charge in [-0.2, -0.15) is 0 Å². The Kier molecular flexibility index (Phi) is 8.62. The van der Waals surface area contributed by atoms with Gasteiger partial charge in [-0.3, -0.25) is 14.4 Å². The summed E-state index contributed by atoms with van der Waals surface area (Å²) in [4.78, 5) is 35.7. The van der Waals surface area contributed by atoms with Gasteiger partial charge in [0.15, 0.2) is 18.1 Å². The third-order valence-corrected chi connectivity index (χ3v) is 4.57. The second-order valence-corrected chi connectivity index (χ2v) is 7.22.